The van der Waals surface area contributed by atoms with Crippen LogP contribution in [0.5, 0.6) is 0 Å². The Labute approximate surface area is 64.7 Å². The van der Waals surface area contributed by atoms with Crippen LogP contribution in [0.4, 0.5) is 11.9 Å². The number of nitrogens with one attached hydrogen (secondary N) is 2. The maximum absolute atomic E-state index is 5.29. The number of aromatic nitrogens is 3. The van der Waals surface area contributed by atoms with E-state index in [1.165, 1.54) is 0 Å². The second kappa shape index (κ2) is 3.60. The van der Waals surface area contributed by atoms with Crippen LogP contribution in [0.2, 0.25) is 0 Å². The van der Waals surface area contributed by atoms with Gasteiger partial charge in [0.05, 0.1) is 0 Å². The summed E-state index contributed by atoms with van der Waals surface area (Å²) in [6.07, 6.45) is 2.71. The summed E-state index contributed by atoms with van der Waals surface area (Å²) in [5.74, 6) is 0.857. The molecule has 0 saturated heterocycles. The highest BCUT2D eigenvalue weighted by atomic mass is 15.3. The third-order valence-electron chi connectivity index (χ3n) is 1.13. The van der Waals surface area contributed by atoms with Crippen LogP contribution >= 0.6 is 0 Å². The summed E-state index contributed by atoms with van der Waals surface area (Å²) in [6, 6.07) is 0. The molecule has 0 aliphatic rings. The van der Waals surface area contributed by atoms with Gasteiger partial charge in [-0.1, -0.05) is 6.08 Å². The fourth-order valence-corrected chi connectivity index (χ4v) is 0.639. The molecule has 5 nitrogen and oxygen atoms in total. The van der Waals surface area contributed by atoms with E-state index in [4.69, 9.17) is 5.73 Å². The summed E-state index contributed by atoms with van der Waals surface area (Å²) in [5, 5.41) is 9.27. The van der Waals surface area contributed by atoms with Crippen molar-refractivity contribution in [3.8, 4) is 0 Å². The molecule has 0 aromatic carbocycles. The lowest BCUT2D eigenvalue weighted by atomic mass is 10.4. The van der Waals surface area contributed by atoms with Crippen molar-refractivity contribution in [3.05, 3.63) is 12.7 Å². The molecule has 0 spiro atoms. The quantitative estimate of drug-likeness (QED) is 0.431. The molecule has 0 atom stereocenters. The summed E-state index contributed by atoms with van der Waals surface area (Å²) < 4.78 is 0. The second-order valence-electron chi connectivity index (χ2n) is 2.05. The van der Waals surface area contributed by atoms with Gasteiger partial charge in [0, 0.05) is 6.54 Å². The summed E-state index contributed by atoms with van der Waals surface area (Å²) in [4.78, 5) is 3.85. The van der Waals surface area contributed by atoms with Crippen molar-refractivity contribution in [1.29, 1.82) is 0 Å². The lowest BCUT2D eigenvalue weighted by molar-refractivity contribution is 1.02. The lowest BCUT2D eigenvalue weighted by Gasteiger charge is -1.95. The minimum absolute atomic E-state index is 0.325. The fourth-order valence-electron chi connectivity index (χ4n) is 0.639. The van der Waals surface area contributed by atoms with Gasteiger partial charge in [-0.3, -0.25) is 0 Å². The Kier molecular flexibility index (Phi) is 2.48. The molecule has 0 unspecified atom stereocenters. The average Bonchev–Trinajstić information content (AvgIpc) is 2.37. The predicted octanol–water partition coefficient (Wildman–Crippen LogP) is 0.375. The number of nitrogens with two attached hydrogens (primary N) is 1. The molecule has 0 aliphatic carbocycles. The summed E-state index contributed by atoms with van der Waals surface area (Å²) in [5.41, 5.74) is 5.29. The van der Waals surface area contributed by atoms with Crippen LogP contribution < -0.4 is 11.1 Å². The Balaban J connectivity index is 2.32. The van der Waals surface area contributed by atoms with E-state index in [2.05, 4.69) is 27.1 Å². The van der Waals surface area contributed by atoms with Crippen LogP contribution in [-0.4, -0.2) is 21.7 Å². The van der Waals surface area contributed by atoms with Gasteiger partial charge < -0.3 is 11.1 Å². The molecule has 60 valence electrons. The van der Waals surface area contributed by atoms with Gasteiger partial charge >= 0.3 is 0 Å². The maximum atomic E-state index is 5.29. The van der Waals surface area contributed by atoms with E-state index in [0.717, 1.165) is 13.0 Å². The molecular formula is C6H11N5. The van der Waals surface area contributed by atoms with Crippen molar-refractivity contribution < 1.29 is 0 Å². The first kappa shape index (κ1) is 7.59. The number of hydrogen-bond acceptors (Lipinski definition) is 4. The molecule has 0 fully saturated rings. The second-order valence-corrected chi connectivity index (χ2v) is 2.05. The molecule has 1 aromatic rings. The summed E-state index contributed by atoms with van der Waals surface area (Å²) >= 11 is 0. The van der Waals surface area contributed by atoms with Crippen molar-refractivity contribution in [1.82, 2.24) is 15.2 Å². The number of rotatable bonds is 4. The van der Waals surface area contributed by atoms with Gasteiger partial charge in [-0.15, -0.1) is 11.7 Å². The first-order chi connectivity index (χ1) is 5.33. The van der Waals surface area contributed by atoms with Crippen LogP contribution in [-0.2, 0) is 0 Å². The highest BCUT2D eigenvalue weighted by molar-refractivity contribution is 5.29. The number of H-pyrrole nitrogens is 1. The third kappa shape index (κ3) is 2.29. The molecule has 4 N–H and O–H groups in total. The van der Waals surface area contributed by atoms with Crippen molar-refractivity contribution in [2.45, 2.75) is 6.42 Å². The van der Waals surface area contributed by atoms with Crippen molar-refractivity contribution in [2.24, 2.45) is 0 Å². The van der Waals surface area contributed by atoms with E-state index in [1.54, 1.807) is 0 Å². The molecule has 0 amide bonds. The van der Waals surface area contributed by atoms with Crippen molar-refractivity contribution in [2.75, 3.05) is 17.6 Å². The first-order valence-electron chi connectivity index (χ1n) is 3.35. The van der Waals surface area contributed by atoms with Crippen molar-refractivity contribution in [3.63, 3.8) is 0 Å². The van der Waals surface area contributed by atoms with E-state index in [-0.39, 0.29) is 0 Å². The number of hydrogen-bond donors (Lipinski definition) is 3. The number of nitrogens with zero attached hydrogens (tertiary/aromatic N) is 2. The van der Waals surface area contributed by atoms with Gasteiger partial charge in [-0.2, -0.15) is 4.98 Å². The highest BCUT2D eigenvalue weighted by Gasteiger charge is 1.95. The average molecular weight is 153 g/mol. The Bertz CT molecular complexity index is 229. The van der Waals surface area contributed by atoms with Crippen LogP contribution in [0, 0.1) is 0 Å². The zero-order valence-corrected chi connectivity index (χ0v) is 6.17. The SMILES string of the molecule is C=CCCNc1n[nH]c(N)n1. The molecule has 0 aliphatic heterocycles. The summed E-state index contributed by atoms with van der Waals surface area (Å²) in [6.45, 7) is 4.36. The van der Waals surface area contributed by atoms with E-state index < -0.39 is 0 Å². The molecule has 0 saturated carbocycles. The Morgan fingerprint density at radius 2 is 2.55 bits per heavy atom. The maximum Gasteiger partial charge on any atom is 0.243 e. The number of nitrogen functional groups attached to an aromatic ring is 1. The van der Waals surface area contributed by atoms with Crippen LogP contribution in [0.3, 0.4) is 0 Å². The van der Waals surface area contributed by atoms with E-state index >= 15 is 0 Å². The molecule has 1 rings (SSSR count). The Morgan fingerprint density at radius 3 is 3.09 bits per heavy atom. The van der Waals surface area contributed by atoms with Gasteiger partial charge in [-0.25, -0.2) is 5.10 Å². The molecule has 0 bridgehead atoms. The molecule has 0 radical (unpaired) electrons. The van der Waals surface area contributed by atoms with Gasteiger partial charge in [0.1, 0.15) is 0 Å². The largest absolute Gasteiger partial charge is 0.368 e. The zero-order chi connectivity index (χ0) is 8.10. The molecule has 5 heteroatoms. The normalized spacial score (nSPS) is 9.45. The van der Waals surface area contributed by atoms with E-state index in [9.17, 15) is 0 Å². The van der Waals surface area contributed by atoms with Crippen LogP contribution in [0.25, 0.3) is 0 Å². The monoisotopic (exact) mass is 153 g/mol. The van der Waals surface area contributed by atoms with E-state index in [0.29, 0.717) is 11.9 Å². The minimum atomic E-state index is 0.325. The summed E-state index contributed by atoms with van der Waals surface area (Å²) in [7, 11) is 0. The number of aromatic amines is 1. The van der Waals surface area contributed by atoms with Crippen LogP contribution in [0.1, 0.15) is 6.42 Å². The van der Waals surface area contributed by atoms with Gasteiger partial charge in [0.2, 0.25) is 11.9 Å². The van der Waals surface area contributed by atoms with E-state index in [1.807, 2.05) is 6.08 Å². The lowest BCUT2D eigenvalue weighted by Crippen LogP contribution is -2.01. The molecule has 1 aromatic heterocycles. The standard InChI is InChI=1S/C6H11N5/c1-2-3-4-8-6-9-5(7)10-11-6/h2H,1,3-4H2,(H4,7,8,9,10,11). The van der Waals surface area contributed by atoms with Crippen molar-refractivity contribution >= 4 is 11.9 Å². The molecular weight excluding hydrogens is 142 g/mol. The Hall–Kier alpha value is -1.52. The van der Waals surface area contributed by atoms with Gasteiger partial charge in [-0.05, 0) is 6.42 Å². The first-order valence-corrected chi connectivity index (χ1v) is 3.35. The zero-order valence-electron chi connectivity index (χ0n) is 6.17. The number of anilines is 2. The molecule has 11 heavy (non-hydrogen) atoms. The van der Waals surface area contributed by atoms with Crippen LogP contribution in [0.15, 0.2) is 12.7 Å². The fraction of sp³-hybridized carbons (Fsp3) is 0.333. The predicted molar refractivity (Wildman–Crippen MR) is 44.1 cm³/mol. The Morgan fingerprint density at radius 1 is 1.73 bits per heavy atom. The minimum Gasteiger partial charge on any atom is -0.368 e. The third-order valence-corrected chi connectivity index (χ3v) is 1.13. The van der Waals surface area contributed by atoms with Gasteiger partial charge in [0.25, 0.3) is 0 Å². The molecule has 1 heterocycles. The van der Waals surface area contributed by atoms with Gasteiger partial charge in [0.15, 0.2) is 0 Å². The highest BCUT2D eigenvalue weighted by Crippen LogP contribution is 1.97. The topological polar surface area (TPSA) is 79.6 Å². The smallest absolute Gasteiger partial charge is 0.243 e.